The fraction of sp³-hybridized carbons (Fsp3) is 0.533. The van der Waals surface area contributed by atoms with E-state index in [9.17, 15) is 4.79 Å². The van der Waals surface area contributed by atoms with Gasteiger partial charge in [0.25, 0.3) is 5.91 Å². The van der Waals surface area contributed by atoms with Crippen molar-refractivity contribution in [3.05, 3.63) is 34.9 Å². The summed E-state index contributed by atoms with van der Waals surface area (Å²) in [6, 6.07) is 7.53. The van der Waals surface area contributed by atoms with Crippen molar-refractivity contribution in [2.75, 3.05) is 39.5 Å². The third-order valence-electron chi connectivity index (χ3n) is 3.71. The summed E-state index contributed by atoms with van der Waals surface area (Å²) in [5.41, 5.74) is 1.03. The Morgan fingerprint density at radius 2 is 1.95 bits per heavy atom. The third kappa shape index (κ3) is 3.55. The van der Waals surface area contributed by atoms with Gasteiger partial charge in [0.05, 0.1) is 33.0 Å². The lowest BCUT2D eigenvalue weighted by Crippen LogP contribution is -2.50. The van der Waals surface area contributed by atoms with E-state index in [2.05, 4.69) is 0 Å². The van der Waals surface area contributed by atoms with Gasteiger partial charge in [-0.15, -0.1) is 0 Å². The second-order valence-electron chi connectivity index (χ2n) is 5.13. The van der Waals surface area contributed by atoms with Gasteiger partial charge in [-0.2, -0.15) is 0 Å². The smallest absolute Gasteiger partial charge is 0.254 e. The van der Waals surface area contributed by atoms with E-state index in [1.807, 2.05) is 24.3 Å². The summed E-state index contributed by atoms with van der Waals surface area (Å²) in [4.78, 5) is 14.2. The second kappa shape index (κ2) is 6.75. The maximum Gasteiger partial charge on any atom is 0.254 e. The molecule has 0 spiro atoms. The molecule has 0 radical (unpaired) electrons. The highest BCUT2D eigenvalue weighted by molar-refractivity contribution is 6.30. The van der Waals surface area contributed by atoms with Crippen LogP contribution >= 0.6 is 11.6 Å². The van der Waals surface area contributed by atoms with Crippen LogP contribution in [0.25, 0.3) is 0 Å². The van der Waals surface area contributed by atoms with Crippen molar-refractivity contribution in [3.63, 3.8) is 0 Å². The Morgan fingerprint density at radius 1 is 1.14 bits per heavy atom. The van der Waals surface area contributed by atoms with Crippen LogP contribution in [0.3, 0.4) is 0 Å². The van der Waals surface area contributed by atoms with Gasteiger partial charge in [-0.25, -0.2) is 0 Å². The molecule has 1 aromatic rings. The lowest BCUT2D eigenvalue weighted by Gasteiger charge is -2.35. The summed E-state index contributed by atoms with van der Waals surface area (Å²) < 4.78 is 16.5. The van der Waals surface area contributed by atoms with Crippen molar-refractivity contribution >= 4 is 17.5 Å². The first-order chi connectivity index (χ1) is 10.2. The number of halogens is 1. The Labute approximate surface area is 128 Å². The molecule has 5 nitrogen and oxygen atoms in total. The molecule has 6 heteroatoms. The zero-order valence-electron chi connectivity index (χ0n) is 11.7. The van der Waals surface area contributed by atoms with Crippen LogP contribution in [0.4, 0.5) is 0 Å². The van der Waals surface area contributed by atoms with E-state index in [0.29, 0.717) is 44.5 Å². The SMILES string of the molecule is O=C([C@H]1COCCO1)N1CCO[C@H](c2ccc(Cl)cc2)C1. The molecule has 2 saturated heterocycles. The van der Waals surface area contributed by atoms with Gasteiger partial charge in [0.15, 0.2) is 6.10 Å². The van der Waals surface area contributed by atoms with E-state index >= 15 is 0 Å². The fourth-order valence-electron chi connectivity index (χ4n) is 2.56. The van der Waals surface area contributed by atoms with E-state index < -0.39 is 6.10 Å². The maximum atomic E-state index is 12.4. The molecule has 0 N–H and O–H groups in total. The minimum absolute atomic E-state index is 0.0167. The van der Waals surface area contributed by atoms with E-state index in [4.69, 9.17) is 25.8 Å². The van der Waals surface area contributed by atoms with E-state index in [1.54, 1.807) is 4.90 Å². The number of rotatable bonds is 2. The predicted molar refractivity (Wildman–Crippen MR) is 77.3 cm³/mol. The fourth-order valence-corrected chi connectivity index (χ4v) is 2.69. The molecular formula is C15H18ClNO4. The first kappa shape index (κ1) is 14.8. The number of amides is 1. The monoisotopic (exact) mass is 311 g/mol. The summed E-state index contributed by atoms with van der Waals surface area (Å²) in [5.74, 6) is -0.0167. The number of carbonyl (C=O) groups is 1. The Balaban J connectivity index is 1.64. The van der Waals surface area contributed by atoms with Gasteiger partial charge in [-0.1, -0.05) is 23.7 Å². The molecule has 3 rings (SSSR count). The molecule has 114 valence electrons. The zero-order chi connectivity index (χ0) is 14.7. The number of nitrogens with zero attached hydrogens (tertiary/aromatic N) is 1. The quantitative estimate of drug-likeness (QED) is 0.833. The third-order valence-corrected chi connectivity index (χ3v) is 3.96. The normalized spacial score (nSPS) is 26.6. The summed E-state index contributed by atoms with van der Waals surface area (Å²) in [7, 11) is 0. The molecule has 0 aromatic heterocycles. The lowest BCUT2D eigenvalue weighted by molar-refractivity contribution is -0.164. The molecule has 0 unspecified atom stereocenters. The molecule has 0 saturated carbocycles. The van der Waals surface area contributed by atoms with Crippen LogP contribution in [0.1, 0.15) is 11.7 Å². The van der Waals surface area contributed by atoms with Crippen molar-refractivity contribution in [1.29, 1.82) is 0 Å². The van der Waals surface area contributed by atoms with E-state index in [-0.39, 0.29) is 12.0 Å². The van der Waals surface area contributed by atoms with Crippen LogP contribution in [-0.4, -0.2) is 56.4 Å². The molecule has 2 heterocycles. The number of carbonyl (C=O) groups excluding carboxylic acids is 1. The number of ether oxygens (including phenoxy) is 3. The Hall–Kier alpha value is -1.14. The van der Waals surface area contributed by atoms with Crippen molar-refractivity contribution in [1.82, 2.24) is 4.90 Å². The predicted octanol–water partition coefficient (Wildman–Crippen LogP) is 1.66. The van der Waals surface area contributed by atoms with Gasteiger partial charge in [-0.3, -0.25) is 4.79 Å². The van der Waals surface area contributed by atoms with Crippen molar-refractivity contribution in [3.8, 4) is 0 Å². The van der Waals surface area contributed by atoms with E-state index in [0.717, 1.165) is 5.56 Å². The minimum Gasteiger partial charge on any atom is -0.376 e. The highest BCUT2D eigenvalue weighted by Gasteiger charge is 2.31. The largest absolute Gasteiger partial charge is 0.376 e. The van der Waals surface area contributed by atoms with Crippen molar-refractivity contribution in [2.45, 2.75) is 12.2 Å². The Morgan fingerprint density at radius 3 is 2.67 bits per heavy atom. The van der Waals surface area contributed by atoms with Crippen LogP contribution < -0.4 is 0 Å². The topological polar surface area (TPSA) is 48.0 Å². The van der Waals surface area contributed by atoms with Gasteiger partial charge in [0.1, 0.15) is 6.10 Å². The van der Waals surface area contributed by atoms with Crippen LogP contribution in [0, 0.1) is 0 Å². The highest BCUT2D eigenvalue weighted by atomic mass is 35.5. The zero-order valence-corrected chi connectivity index (χ0v) is 12.4. The van der Waals surface area contributed by atoms with Gasteiger partial charge >= 0.3 is 0 Å². The molecular weight excluding hydrogens is 294 g/mol. The minimum atomic E-state index is -0.484. The summed E-state index contributed by atoms with van der Waals surface area (Å²) in [5, 5.41) is 0.690. The van der Waals surface area contributed by atoms with Crippen LogP contribution in [0.15, 0.2) is 24.3 Å². The average Bonchev–Trinajstić information content (AvgIpc) is 2.56. The van der Waals surface area contributed by atoms with Crippen LogP contribution in [0.2, 0.25) is 5.02 Å². The van der Waals surface area contributed by atoms with Crippen LogP contribution in [-0.2, 0) is 19.0 Å². The molecule has 2 fully saturated rings. The number of hydrogen-bond donors (Lipinski definition) is 0. The lowest BCUT2D eigenvalue weighted by atomic mass is 10.1. The van der Waals surface area contributed by atoms with Crippen molar-refractivity contribution < 1.29 is 19.0 Å². The van der Waals surface area contributed by atoms with Gasteiger partial charge < -0.3 is 19.1 Å². The summed E-state index contributed by atoms with van der Waals surface area (Å²) in [6.45, 7) is 3.00. The number of morpholine rings is 1. The standard InChI is InChI=1S/C15H18ClNO4/c16-12-3-1-11(2-4-12)13-9-17(5-6-20-13)15(18)14-10-19-7-8-21-14/h1-4,13-14H,5-10H2/t13-,14+/m0/s1. The maximum absolute atomic E-state index is 12.4. The van der Waals surface area contributed by atoms with Gasteiger partial charge in [0.2, 0.25) is 0 Å². The molecule has 1 aromatic carbocycles. The average molecular weight is 312 g/mol. The van der Waals surface area contributed by atoms with Gasteiger partial charge in [0, 0.05) is 11.6 Å². The second-order valence-corrected chi connectivity index (χ2v) is 5.57. The first-order valence-electron chi connectivity index (χ1n) is 7.09. The highest BCUT2D eigenvalue weighted by Crippen LogP contribution is 2.24. The summed E-state index contributed by atoms with van der Waals surface area (Å²) >= 11 is 5.90. The molecule has 2 atom stereocenters. The number of benzene rings is 1. The van der Waals surface area contributed by atoms with Crippen LogP contribution in [0.5, 0.6) is 0 Å². The Kier molecular flexibility index (Phi) is 4.75. The van der Waals surface area contributed by atoms with Gasteiger partial charge in [-0.05, 0) is 17.7 Å². The first-order valence-corrected chi connectivity index (χ1v) is 7.47. The molecule has 2 aliphatic heterocycles. The molecule has 0 bridgehead atoms. The molecule has 2 aliphatic rings. The van der Waals surface area contributed by atoms with E-state index in [1.165, 1.54) is 0 Å². The molecule has 1 amide bonds. The number of hydrogen-bond acceptors (Lipinski definition) is 4. The molecule has 21 heavy (non-hydrogen) atoms. The van der Waals surface area contributed by atoms with Crippen molar-refractivity contribution in [2.24, 2.45) is 0 Å². The Bertz CT molecular complexity index is 487. The molecule has 0 aliphatic carbocycles. The summed E-state index contributed by atoms with van der Waals surface area (Å²) in [6.07, 6.45) is -0.604.